The molecule has 0 N–H and O–H groups in total. The molecule has 7 heteroatoms. The van der Waals surface area contributed by atoms with E-state index in [4.69, 9.17) is 14.2 Å². The number of aromatic nitrogens is 1. The molecule has 0 atom stereocenters. The van der Waals surface area contributed by atoms with Crippen LogP contribution in [0.1, 0.15) is 16.1 Å². The van der Waals surface area contributed by atoms with Gasteiger partial charge in [-0.05, 0) is 70.9 Å². The van der Waals surface area contributed by atoms with Crippen LogP contribution < -0.4 is 19.1 Å². The van der Waals surface area contributed by atoms with Crippen molar-refractivity contribution in [1.29, 1.82) is 0 Å². The van der Waals surface area contributed by atoms with Crippen LogP contribution in [0.2, 0.25) is 0 Å². The Labute approximate surface area is 245 Å². The maximum Gasteiger partial charge on any atom is 0.272 e. The summed E-state index contributed by atoms with van der Waals surface area (Å²) >= 11 is 0. The lowest BCUT2D eigenvalue weighted by atomic mass is 10.1. The summed E-state index contributed by atoms with van der Waals surface area (Å²) in [6, 6.07) is 34.1. The zero-order chi connectivity index (χ0) is 28.9. The number of carbonyl (C=O) groups is 1. The van der Waals surface area contributed by atoms with Crippen LogP contribution in [-0.2, 0) is 6.61 Å². The molecular weight excluding hydrogens is 526 g/mol. The maximum absolute atomic E-state index is 13.4. The SMILES string of the molecule is COc1ccc(-c2cccc(C(=O)N3CCN(c4ccc5cc(OCc6ccccc6)ccc5c4)CC3)n2)cc1OC. The largest absolute Gasteiger partial charge is 0.493 e. The number of hydrogen-bond donors (Lipinski definition) is 0. The van der Waals surface area contributed by atoms with Gasteiger partial charge in [0.15, 0.2) is 11.5 Å². The fraction of sp³-hybridized carbons (Fsp3) is 0.200. The van der Waals surface area contributed by atoms with Crippen LogP contribution in [0.5, 0.6) is 17.2 Å². The summed E-state index contributed by atoms with van der Waals surface area (Å²) in [4.78, 5) is 22.3. The molecule has 5 aromatic rings. The molecule has 0 bridgehead atoms. The number of benzene rings is 4. The Morgan fingerprint density at radius 2 is 1.50 bits per heavy atom. The number of ether oxygens (including phenoxy) is 3. The number of pyridine rings is 1. The number of carbonyl (C=O) groups excluding carboxylic acids is 1. The first kappa shape index (κ1) is 27.1. The van der Waals surface area contributed by atoms with Crippen LogP contribution in [0.25, 0.3) is 22.0 Å². The van der Waals surface area contributed by atoms with Crippen LogP contribution in [-0.4, -0.2) is 56.2 Å². The lowest BCUT2D eigenvalue weighted by Gasteiger charge is -2.36. The molecule has 0 unspecified atom stereocenters. The molecule has 1 amide bonds. The molecule has 1 fully saturated rings. The zero-order valence-corrected chi connectivity index (χ0v) is 23.8. The molecule has 2 heterocycles. The predicted octanol–water partition coefficient (Wildman–Crippen LogP) is 6.46. The van der Waals surface area contributed by atoms with Crippen molar-refractivity contribution in [3.05, 3.63) is 114 Å². The molecule has 6 rings (SSSR count). The number of rotatable bonds is 8. The highest BCUT2D eigenvalue weighted by molar-refractivity contribution is 5.93. The minimum absolute atomic E-state index is 0.0569. The lowest BCUT2D eigenvalue weighted by molar-refractivity contribution is 0.0741. The number of anilines is 1. The number of methoxy groups -OCH3 is 2. The third kappa shape index (κ3) is 5.86. The second-order valence-electron chi connectivity index (χ2n) is 10.2. The first-order valence-corrected chi connectivity index (χ1v) is 14.1. The molecule has 0 radical (unpaired) electrons. The highest BCUT2D eigenvalue weighted by Crippen LogP contribution is 2.32. The number of nitrogens with zero attached hydrogens (tertiary/aromatic N) is 3. The Bertz CT molecular complexity index is 1700. The lowest BCUT2D eigenvalue weighted by Crippen LogP contribution is -2.49. The second kappa shape index (κ2) is 12.2. The van der Waals surface area contributed by atoms with Gasteiger partial charge in [0.25, 0.3) is 5.91 Å². The van der Waals surface area contributed by atoms with Crippen molar-refractivity contribution < 1.29 is 19.0 Å². The summed E-state index contributed by atoms with van der Waals surface area (Å²) in [7, 11) is 3.21. The van der Waals surface area contributed by atoms with Gasteiger partial charge in [-0.1, -0.05) is 48.5 Å². The van der Waals surface area contributed by atoms with Gasteiger partial charge in [0.1, 0.15) is 18.1 Å². The first-order valence-electron chi connectivity index (χ1n) is 14.1. The molecule has 7 nitrogen and oxygen atoms in total. The number of fused-ring (bicyclic) bond motifs is 1. The van der Waals surface area contributed by atoms with Gasteiger partial charge in [0.05, 0.1) is 19.9 Å². The molecule has 0 aliphatic carbocycles. The van der Waals surface area contributed by atoms with Gasteiger partial charge in [-0.3, -0.25) is 4.79 Å². The van der Waals surface area contributed by atoms with Gasteiger partial charge in [-0.15, -0.1) is 0 Å². The van der Waals surface area contributed by atoms with E-state index in [1.54, 1.807) is 20.3 Å². The van der Waals surface area contributed by atoms with Crippen molar-refractivity contribution in [1.82, 2.24) is 9.88 Å². The molecule has 1 aliphatic rings. The van der Waals surface area contributed by atoms with Crippen molar-refractivity contribution in [2.45, 2.75) is 6.61 Å². The Balaban J connectivity index is 1.09. The highest BCUT2D eigenvalue weighted by atomic mass is 16.5. The third-order valence-corrected chi connectivity index (χ3v) is 7.62. The average Bonchev–Trinajstić information content (AvgIpc) is 3.07. The van der Waals surface area contributed by atoms with E-state index in [-0.39, 0.29) is 5.91 Å². The van der Waals surface area contributed by atoms with E-state index in [9.17, 15) is 4.79 Å². The summed E-state index contributed by atoms with van der Waals surface area (Å²) in [6.07, 6.45) is 0. The van der Waals surface area contributed by atoms with Crippen LogP contribution in [0.3, 0.4) is 0 Å². The van der Waals surface area contributed by atoms with Crippen LogP contribution in [0.4, 0.5) is 5.69 Å². The van der Waals surface area contributed by atoms with Crippen LogP contribution in [0, 0.1) is 0 Å². The third-order valence-electron chi connectivity index (χ3n) is 7.62. The van der Waals surface area contributed by atoms with Gasteiger partial charge in [-0.25, -0.2) is 4.98 Å². The Morgan fingerprint density at radius 3 is 2.29 bits per heavy atom. The van der Waals surface area contributed by atoms with Crippen molar-refractivity contribution >= 4 is 22.4 Å². The summed E-state index contributed by atoms with van der Waals surface area (Å²) in [5.41, 5.74) is 4.31. The minimum Gasteiger partial charge on any atom is -0.493 e. The van der Waals surface area contributed by atoms with Gasteiger partial charge in [0.2, 0.25) is 0 Å². The van der Waals surface area contributed by atoms with Crippen LogP contribution >= 0.6 is 0 Å². The molecule has 212 valence electrons. The fourth-order valence-corrected chi connectivity index (χ4v) is 5.28. The van der Waals surface area contributed by atoms with Crippen molar-refractivity contribution in [3.8, 4) is 28.5 Å². The van der Waals surface area contributed by atoms with E-state index in [1.807, 2.05) is 59.5 Å². The summed E-state index contributed by atoms with van der Waals surface area (Å²) in [5.74, 6) is 2.07. The van der Waals surface area contributed by atoms with Gasteiger partial charge >= 0.3 is 0 Å². The smallest absolute Gasteiger partial charge is 0.272 e. The first-order chi connectivity index (χ1) is 20.6. The number of hydrogen-bond acceptors (Lipinski definition) is 6. The molecule has 0 spiro atoms. The summed E-state index contributed by atoms with van der Waals surface area (Å²) < 4.78 is 16.8. The normalized spacial score (nSPS) is 13.2. The van der Waals surface area contributed by atoms with Crippen molar-refractivity contribution in [2.75, 3.05) is 45.3 Å². The van der Waals surface area contributed by atoms with Gasteiger partial charge in [-0.2, -0.15) is 0 Å². The predicted molar refractivity (Wildman–Crippen MR) is 166 cm³/mol. The van der Waals surface area contributed by atoms with Gasteiger partial charge < -0.3 is 24.0 Å². The molecule has 4 aromatic carbocycles. The molecule has 1 saturated heterocycles. The average molecular weight is 560 g/mol. The second-order valence-corrected chi connectivity index (χ2v) is 10.2. The molecule has 1 aromatic heterocycles. The Morgan fingerprint density at radius 1 is 0.738 bits per heavy atom. The highest BCUT2D eigenvalue weighted by Gasteiger charge is 2.24. The summed E-state index contributed by atoms with van der Waals surface area (Å²) in [6.45, 7) is 3.32. The van der Waals surface area contributed by atoms with E-state index < -0.39 is 0 Å². The van der Waals surface area contributed by atoms with E-state index in [0.29, 0.717) is 42.6 Å². The Kier molecular flexibility index (Phi) is 7.90. The maximum atomic E-state index is 13.4. The van der Waals surface area contributed by atoms with E-state index in [1.165, 1.54) is 0 Å². The quantitative estimate of drug-likeness (QED) is 0.217. The number of amides is 1. The van der Waals surface area contributed by atoms with Gasteiger partial charge in [0, 0.05) is 37.4 Å². The minimum atomic E-state index is -0.0569. The monoisotopic (exact) mass is 559 g/mol. The molecule has 0 saturated carbocycles. The topological polar surface area (TPSA) is 64.1 Å². The standard InChI is InChI=1S/C35H33N3O4/c1-40-33-16-13-28(23-34(33)41-2)31-9-6-10-32(36-31)35(39)38-19-17-37(18-20-38)29-14-11-27-22-30(15-12-26(27)21-29)42-24-25-7-4-3-5-8-25/h3-16,21-23H,17-20,24H2,1-2H3. The van der Waals surface area contributed by atoms with E-state index >= 15 is 0 Å². The van der Waals surface area contributed by atoms with E-state index in [0.717, 1.165) is 46.4 Å². The summed E-state index contributed by atoms with van der Waals surface area (Å²) in [5, 5.41) is 2.30. The Hall–Kier alpha value is -5.04. The molecule has 42 heavy (non-hydrogen) atoms. The van der Waals surface area contributed by atoms with Crippen molar-refractivity contribution in [2.24, 2.45) is 0 Å². The van der Waals surface area contributed by atoms with Crippen LogP contribution in [0.15, 0.2) is 103 Å². The zero-order valence-electron chi connectivity index (χ0n) is 23.8. The fourth-order valence-electron chi connectivity index (χ4n) is 5.28. The molecule has 1 aliphatic heterocycles. The van der Waals surface area contributed by atoms with E-state index in [2.05, 4.69) is 52.3 Å². The van der Waals surface area contributed by atoms with Crippen molar-refractivity contribution in [3.63, 3.8) is 0 Å². The molecular formula is C35H33N3O4. The number of piperazine rings is 1.